The first-order valence-electron chi connectivity index (χ1n) is 8.08. The summed E-state index contributed by atoms with van der Waals surface area (Å²) in [5.41, 5.74) is 11.2. The second kappa shape index (κ2) is 7.11. The third kappa shape index (κ3) is 4.88. The molecule has 1 saturated heterocycles. The molecule has 0 bridgehead atoms. The molecule has 1 atom stereocenters. The van der Waals surface area contributed by atoms with E-state index in [2.05, 4.69) is 5.32 Å². The molecule has 3 amide bonds. The molecule has 2 fully saturated rings. The molecule has 0 aromatic carbocycles. The summed E-state index contributed by atoms with van der Waals surface area (Å²) < 4.78 is 0. The zero-order valence-electron chi connectivity index (χ0n) is 12.8. The number of hydrogen-bond donors (Lipinski definition) is 3. The molecule has 6 heteroatoms. The lowest BCUT2D eigenvalue weighted by Crippen LogP contribution is -2.50. The number of hydrogen-bond acceptors (Lipinski definition) is 3. The van der Waals surface area contributed by atoms with Crippen LogP contribution in [0.1, 0.15) is 51.4 Å². The van der Waals surface area contributed by atoms with Crippen LogP contribution in [-0.2, 0) is 4.79 Å². The number of amides is 3. The number of rotatable bonds is 4. The van der Waals surface area contributed by atoms with Crippen molar-refractivity contribution in [2.75, 3.05) is 19.6 Å². The molecule has 1 saturated carbocycles. The van der Waals surface area contributed by atoms with Crippen molar-refractivity contribution in [2.45, 2.75) is 56.9 Å². The molecule has 1 aliphatic carbocycles. The van der Waals surface area contributed by atoms with Gasteiger partial charge in [0.2, 0.25) is 5.91 Å². The number of piperidine rings is 1. The SMILES string of the molecule is NC(=O)NCC1CCCN(C(=O)CC2(N)CCCCC2)C1. The van der Waals surface area contributed by atoms with Gasteiger partial charge in [-0.1, -0.05) is 19.3 Å². The van der Waals surface area contributed by atoms with Crippen molar-refractivity contribution in [3.05, 3.63) is 0 Å². The maximum absolute atomic E-state index is 12.5. The van der Waals surface area contributed by atoms with E-state index in [1.807, 2.05) is 4.90 Å². The van der Waals surface area contributed by atoms with Gasteiger partial charge in [0.15, 0.2) is 0 Å². The minimum Gasteiger partial charge on any atom is -0.352 e. The topological polar surface area (TPSA) is 101 Å². The third-order valence-electron chi connectivity index (χ3n) is 4.79. The normalized spacial score (nSPS) is 25.4. The Balaban J connectivity index is 1.82. The average Bonchev–Trinajstić information content (AvgIpc) is 2.45. The van der Waals surface area contributed by atoms with Crippen LogP contribution in [0.5, 0.6) is 0 Å². The van der Waals surface area contributed by atoms with E-state index in [1.54, 1.807) is 0 Å². The Morgan fingerprint density at radius 1 is 1.19 bits per heavy atom. The lowest BCUT2D eigenvalue weighted by Gasteiger charge is -2.37. The largest absolute Gasteiger partial charge is 0.352 e. The fourth-order valence-electron chi connectivity index (χ4n) is 3.55. The Morgan fingerprint density at radius 3 is 2.57 bits per heavy atom. The van der Waals surface area contributed by atoms with Crippen molar-refractivity contribution in [2.24, 2.45) is 17.4 Å². The maximum atomic E-state index is 12.5. The van der Waals surface area contributed by atoms with E-state index in [0.29, 0.717) is 25.4 Å². The van der Waals surface area contributed by atoms with E-state index < -0.39 is 6.03 Å². The lowest BCUT2D eigenvalue weighted by molar-refractivity contribution is -0.134. The van der Waals surface area contributed by atoms with Crippen LogP contribution in [0, 0.1) is 5.92 Å². The van der Waals surface area contributed by atoms with Crippen molar-refractivity contribution in [3.63, 3.8) is 0 Å². The average molecular weight is 296 g/mol. The molecule has 1 heterocycles. The third-order valence-corrected chi connectivity index (χ3v) is 4.79. The Hall–Kier alpha value is -1.30. The number of urea groups is 1. The quantitative estimate of drug-likeness (QED) is 0.719. The molecule has 2 rings (SSSR count). The molecule has 1 unspecified atom stereocenters. The van der Waals surface area contributed by atoms with E-state index in [-0.39, 0.29) is 11.4 Å². The van der Waals surface area contributed by atoms with Gasteiger partial charge in [0.1, 0.15) is 0 Å². The zero-order valence-corrected chi connectivity index (χ0v) is 12.8. The Kier molecular flexibility index (Phi) is 5.45. The highest BCUT2D eigenvalue weighted by Gasteiger charge is 2.33. The molecule has 0 aromatic heterocycles. The number of nitrogens with one attached hydrogen (secondary N) is 1. The number of primary amides is 1. The second-order valence-electron chi connectivity index (χ2n) is 6.69. The number of carbonyl (C=O) groups is 2. The summed E-state index contributed by atoms with van der Waals surface area (Å²) in [7, 11) is 0. The van der Waals surface area contributed by atoms with Crippen molar-refractivity contribution in [1.82, 2.24) is 10.2 Å². The standard InChI is InChI=1S/C15H28N4O2/c16-14(21)18-10-12-5-4-8-19(11-12)13(20)9-15(17)6-2-1-3-7-15/h12H,1-11,17H2,(H3,16,18,21). The van der Waals surface area contributed by atoms with E-state index >= 15 is 0 Å². The van der Waals surface area contributed by atoms with Gasteiger partial charge in [0.25, 0.3) is 0 Å². The molecule has 1 aliphatic heterocycles. The number of carbonyl (C=O) groups excluding carboxylic acids is 2. The first kappa shape index (κ1) is 16.1. The highest BCUT2D eigenvalue weighted by molar-refractivity contribution is 5.77. The zero-order chi connectivity index (χ0) is 15.3. The van der Waals surface area contributed by atoms with Crippen LogP contribution in [0.4, 0.5) is 4.79 Å². The van der Waals surface area contributed by atoms with Crippen molar-refractivity contribution < 1.29 is 9.59 Å². The van der Waals surface area contributed by atoms with E-state index in [1.165, 1.54) is 6.42 Å². The maximum Gasteiger partial charge on any atom is 0.312 e. The predicted octanol–water partition coefficient (Wildman–Crippen LogP) is 0.945. The van der Waals surface area contributed by atoms with Gasteiger partial charge < -0.3 is 21.7 Å². The minimum atomic E-state index is -0.499. The number of nitrogens with zero attached hydrogens (tertiary/aromatic N) is 1. The first-order valence-corrected chi connectivity index (χ1v) is 8.08. The van der Waals surface area contributed by atoms with Crippen LogP contribution in [0.15, 0.2) is 0 Å². The van der Waals surface area contributed by atoms with Crippen LogP contribution in [0.2, 0.25) is 0 Å². The van der Waals surface area contributed by atoms with Crippen molar-refractivity contribution in [1.29, 1.82) is 0 Å². The molecule has 0 radical (unpaired) electrons. The highest BCUT2D eigenvalue weighted by atomic mass is 16.2. The fraction of sp³-hybridized carbons (Fsp3) is 0.867. The summed E-state index contributed by atoms with van der Waals surface area (Å²) in [6.07, 6.45) is 7.88. The summed E-state index contributed by atoms with van der Waals surface area (Å²) in [6, 6.07) is -0.499. The summed E-state index contributed by atoms with van der Waals surface area (Å²) in [4.78, 5) is 25.2. The first-order chi connectivity index (χ1) is 9.98. The van der Waals surface area contributed by atoms with E-state index in [9.17, 15) is 9.59 Å². The van der Waals surface area contributed by atoms with Gasteiger partial charge in [0.05, 0.1) is 0 Å². The van der Waals surface area contributed by atoms with Gasteiger partial charge in [0, 0.05) is 31.6 Å². The highest BCUT2D eigenvalue weighted by Crippen LogP contribution is 2.29. The van der Waals surface area contributed by atoms with Crippen LogP contribution in [0.3, 0.4) is 0 Å². The van der Waals surface area contributed by atoms with Crippen LogP contribution < -0.4 is 16.8 Å². The minimum absolute atomic E-state index is 0.170. The number of nitrogens with two attached hydrogens (primary N) is 2. The van der Waals surface area contributed by atoms with Crippen LogP contribution in [-0.4, -0.2) is 42.0 Å². The monoisotopic (exact) mass is 296 g/mol. The van der Waals surface area contributed by atoms with Gasteiger partial charge in [-0.05, 0) is 31.6 Å². The fourth-order valence-corrected chi connectivity index (χ4v) is 3.55. The Labute approximate surface area is 126 Å². The molecule has 120 valence electrons. The Bertz CT molecular complexity index is 380. The number of likely N-dealkylation sites (tertiary alicyclic amines) is 1. The Morgan fingerprint density at radius 2 is 1.90 bits per heavy atom. The molecule has 6 nitrogen and oxygen atoms in total. The van der Waals surface area contributed by atoms with Crippen LogP contribution in [0.25, 0.3) is 0 Å². The molecule has 0 spiro atoms. The summed E-state index contributed by atoms with van der Waals surface area (Å²) in [6.45, 7) is 2.06. The van der Waals surface area contributed by atoms with Gasteiger partial charge in [-0.2, -0.15) is 0 Å². The lowest BCUT2D eigenvalue weighted by atomic mass is 9.79. The summed E-state index contributed by atoms with van der Waals surface area (Å²) in [5, 5.41) is 2.64. The molecular formula is C15H28N4O2. The smallest absolute Gasteiger partial charge is 0.312 e. The summed E-state index contributed by atoms with van der Waals surface area (Å²) in [5.74, 6) is 0.471. The van der Waals surface area contributed by atoms with Crippen molar-refractivity contribution in [3.8, 4) is 0 Å². The van der Waals surface area contributed by atoms with E-state index in [0.717, 1.165) is 45.1 Å². The molecule has 21 heavy (non-hydrogen) atoms. The van der Waals surface area contributed by atoms with Gasteiger partial charge in [-0.25, -0.2) is 4.79 Å². The second-order valence-corrected chi connectivity index (χ2v) is 6.69. The molecule has 2 aliphatic rings. The van der Waals surface area contributed by atoms with Crippen molar-refractivity contribution >= 4 is 11.9 Å². The van der Waals surface area contributed by atoms with Gasteiger partial charge in [-0.3, -0.25) is 4.79 Å². The molecule has 0 aromatic rings. The summed E-state index contributed by atoms with van der Waals surface area (Å²) >= 11 is 0. The van der Waals surface area contributed by atoms with Crippen LogP contribution >= 0.6 is 0 Å². The van der Waals surface area contributed by atoms with Gasteiger partial charge >= 0.3 is 6.03 Å². The van der Waals surface area contributed by atoms with E-state index in [4.69, 9.17) is 11.5 Å². The molecule has 5 N–H and O–H groups in total. The molecular weight excluding hydrogens is 268 g/mol. The predicted molar refractivity (Wildman–Crippen MR) is 81.5 cm³/mol. The van der Waals surface area contributed by atoms with Gasteiger partial charge in [-0.15, -0.1) is 0 Å².